The highest BCUT2D eigenvalue weighted by atomic mass is 32.2. The summed E-state index contributed by atoms with van der Waals surface area (Å²) in [5, 5.41) is 0. The summed E-state index contributed by atoms with van der Waals surface area (Å²) in [6.07, 6.45) is 0. The van der Waals surface area contributed by atoms with Gasteiger partial charge in [0, 0.05) is 11.7 Å². The summed E-state index contributed by atoms with van der Waals surface area (Å²) in [5.74, 6) is -2.41. The molecular formula is C12H18F2N2O2S. The number of hydrogen-bond donors (Lipinski definition) is 2. The van der Waals surface area contributed by atoms with Crippen LogP contribution in [0.25, 0.3) is 0 Å². The Hall–Kier alpha value is -1.21. The minimum absolute atomic E-state index is 0.169. The zero-order valence-electron chi connectivity index (χ0n) is 11.3. The highest BCUT2D eigenvalue weighted by molar-refractivity contribution is 7.89. The highest BCUT2D eigenvalue weighted by Crippen LogP contribution is 2.25. The minimum atomic E-state index is -4.28. The number of anilines is 1. The Morgan fingerprint density at radius 1 is 1.21 bits per heavy atom. The van der Waals surface area contributed by atoms with Gasteiger partial charge in [0.15, 0.2) is 4.90 Å². The molecule has 0 amide bonds. The van der Waals surface area contributed by atoms with Crippen LogP contribution in [0.15, 0.2) is 17.0 Å². The number of nitrogen functional groups attached to an aromatic ring is 1. The summed E-state index contributed by atoms with van der Waals surface area (Å²) >= 11 is 0. The maximum Gasteiger partial charge on any atom is 0.246 e. The van der Waals surface area contributed by atoms with E-state index in [4.69, 9.17) is 5.73 Å². The molecule has 0 aliphatic carbocycles. The van der Waals surface area contributed by atoms with E-state index in [9.17, 15) is 17.2 Å². The van der Waals surface area contributed by atoms with Crippen molar-refractivity contribution in [2.24, 2.45) is 5.41 Å². The number of halogens is 2. The van der Waals surface area contributed by atoms with Gasteiger partial charge in [-0.25, -0.2) is 21.9 Å². The zero-order chi connectivity index (χ0) is 15.0. The molecular weight excluding hydrogens is 274 g/mol. The van der Waals surface area contributed by atoms with Crippen molar-refractivity contribution in [2.45, 2.75) is 38.6 Å². The summed E-state index contributed by atoms with van der Waals surface area (Å²) in [7, 11) is -4.28. The quantitative estimate of drug-likeness (QED) is 0.839. The predicted octanol–water partition coefficient (Wildman–Crippen LogP) is 2.26. The number of hydrogen-bond acceptors (Lipinski definition) is 3. The lowest BCUT2D eigenvalue weighted by molar-refractivity contribution is 0.317. The van der Waals surface area contributed by atoms with Gasteiger partial charge in [-0.15, -0.1) is 0 Å². The summed E-state index contributed by atoms with van der Waals surface area (Å²) in [5.41, 5.74) is 4.70. The molecule has 1 atom stereocenters. The van der Waals surface area contributed by atoms with Crippen LogP contribution in [0.2, 0.25) is 0 Å². The molecule has 1 unspecified atom stereocenters. The maximum atomic E-state index is 13.6. The van der Waals surface area contributed by atoms with Crippen molar-refractivity contribution >= 4 is 15.7 Å². The van der Waals surface area contributed by atoms with Gasteiger partial charge >= 0.3 is 0 Å². The fourth-order valence-corrected chi connectivity index (χ4v) is 2.87. The molecule has 0 aliphatic heterocycles. The predicted molar refractivity (Wildman–Crippen MR) is 70.0 cm³/mol. The number of nitrogens with two attached hydrogens (primary N) is 1. The van der Waals surface area contributed by atoms with Gasteiger partial charge < -0.3 is 5.73 Å². The van der Waals surface area contributed by atoms with Crippen LogP contribution in [0.1, 0.15) is 27.7 Å². The van der Waals surface area contributed by atoms with E-state index < -0.39 is 32.6 Å². The van der Waals surface area contributed by atoms with E-state index in [2.05, 4.69) is 4.72 Å². The van der Waals surface area contributed by atoms with Gasteiger partial charge in [0.2, 0.25) is 10.0 Å². The van der Waals surface area contributed by atoms with Crippen LogP contribution in [-0.2, 0) is 10.0 Å². The fraction of sp³-hybridized carbons (Fsp3) is 0.500. The van der Waals surface area contributed by atoms with Gasteiger partial charge in [-0.05, 0) is 24.5 Å². The molecule has 7 heteroatoms. The Kier molecular flexibility index (Phi) is 4.21. The molecule has 1 rings (SSSR count). The van der Waals surface area contributed by atoms with E-state index in [0.29, 0.717) is 0 Å². The van der Waals surface area contributed by atoms with Crippen LogP contribution in [0.3, 0.4) is 0 Å². The second-order valence-corrected chi connectivity index (χ2v) is 7.17. The molecule has 1 aromatic carbocycles. The van der Waals surface area contributed by atoms with Crippen molar-refractivity contribution < 1.29 is 17.2 Å². The van der Waals surface area contributed by atoms with E-state index in [0.717, 1.165) is 12.1 Å². The third-order valence-corrected chi connectivity index (χ3v) is 4.51. The minimum Gasteiger partial charge on any atom is -0.399 e. The first kappa shape index (κ1) is 15.8. The molecule has 0 radical (unpaired) electrons. The van der Waals surface area contributed by atoms with Crippen molar-refractivity contribution in [1.29, 1.82) is 0 Å². The van der Waals surface area contributed by atoms with Gasteiger partial charge in [-0.3, -0.25) is 0 Å². The van der Waals surface area contributed by atoms with Gasteiger partial charge in [0.1, 0.15) is 11.6 Å². The molecule has 4 nitrogen and oxygen atoms in total. The Morgan fingerprint density at radius 2 is 1.63 bits per heavy atom. The first-order valence-corrected chi connectivity index (χ1v) is 7.20. The maximum absolute atomic E-state index is 13.6. The van der Waals surface area contributed by atoms with Crippen LogP contribution in [0, 0.1) is 17.0 Å². The molecule has 0 fully saturated rings. The molecule has 3 N–H and O–H groups in total. The van der Waals surface area contributed by atoms with E-state index >= 15 is 0 Å². The average Bonchev–Trinajstić information content (AvgIpc) is 2.11. The molecule has 0 heterocycles. The van der Waals surface area contributed by atoms with Gasteiger partial charge in [-0.1, -0.05) is 20.8 Å². The molecule has 0 saturated heterocycles. The van der Waals surface area contributed by atoms with Crippen molar-refractivity contribution in [1.82, 2.24) is 4.72 Å². The first-order valence-electron chi connectivity index (χ1n) is 5.72. The number of rotatable bonds is 3. The van der Waals surface area contributed by atoms with E-state index in [1.807, 2.05) is 20.8 Å². The van der Waals surface area contributed by atoms with Crippen molar-refractivity contribution in [3.8, 4) is 0 Å². The molecule has 19 heavy (non-hydrogen) atoms. The smallest absolute Gasteiger partial charge is 0.246 e. The van der Waals surface area contributed by atoms with Crippen LogP contribution >= 0.6 is 0 Å². The lowest BCUT2D eigenvalue weighted by Crippen LogP contribution is -2.41. The number of nitrogens with one attached hydrogen (secondary N) is 1. The van der Waals surface area contributed by atoms with Crippen LogP contribution in [0.4, 0.5) is 14.5 Å². The van der Waals surface area contributed by atoms with Gasteiger partial charge in [-0.2, -0.15) is 0 Å². The lowest BCUT2D eigenvalue weighted by atomic mass is 9.89. The Bertz CT molecular complexity index is 557. The van der Waals surface area contributed by atoms with Crippen molar-refractivity contribution in [3.05, 3.63) is 23.8 Å². The standard InChI is InChI=1S/C12H18F2N2O2S/c1-7(12(2,3)4)16-19(17,18)11-9(13)5-8(15)6-10(11)14/h5-7,16H,15H2,1-4H3. The van der Waals surface area contributed by atoms with Gasteiger partial charge in [0.25, 0.3) is 0 Å². The van der Waals surface area contributed by atoms with Crippen molar-refractivity contribution in [3.63, 3.8) is 0 Å². The Balaban J connectivity index is 3.23. The largest absolute Gasteiger partial charge is 0.399 e. The SMILES string of the molecule is CC(NS(=O)(=O)c1c(F)cc(N)cc1F)C(C)(C)C. The molecule has 1 aromatic rings. The van der Waals surface area contributed by atoms with Gasteiger partial charge in [0.05, 0.1) is 0 Å². The monoisotopic (exact) mass is 292 g/mol. The van der Waals surface area contributed by atoms with Crippen molar-refractivity contribution in [2.75, 3.05) is 5.73 Å². The zero-order valence-corrected chi connectivity index (χ0v) is 12.1. The third kappa shape index (κ3) is 3.63. The molecule has 0 spiro atoms. The van der Waals surface area contributed by atoms with E-state index in [-0.39, 0.29) is 11.1 Å². The Morgan fingerprint density at radius 3 is 2.00 bits per heavy atom. The number of benzene rings is 1. The number of sulfonamides is 1. The second-order valence-electron chi connectivity index (χ2n) is 5.52. The van der Waals surface area contributed by atoms with E-state index in [1.165, 1.54) is 0 Å². The van der Waals surface area contributed by atoms with Crippen LogP contribution in [0.5, 0.6) is 0 Å². The molecule has 108 valence electrons. The topological polar surface area (TPSA) is 72.2 Å². The lowest BCUT2D eigenvalue weighted by Gasteiger charge is -2.27. The first-order chi connectivity index (χ1) is 8.45. The third-order valence-electron chi connectivity index (χ3n) is 2.92. The average molecular weight is 292 g/mol. The van der Waals surface area contributed by atoms with Crippen LogP contribution < -0.4 is 10.5 Å². The highest BCUT2D eigenvalue weighted by Gasteiger charge is 2.30. The summed E-state index contributed by atoms with van der Waals surface area (Å²) < 4.78 is 53.5. The normalized spacial score (nSPS) is 14.4. The molecule has 0 saturated carbocycles. The van der Waals surface area contributed by atoms with Crippen LogP contribution in [-0.4, -0.2) is 14.5 Å². The molecule has 0 aromatic heterocycles. The summed E-state index contributed by atoms with van der Waals surface area (Å²) in [4.78, 5) is -1.00. The summed E-state index contributed by atoms with van der Waals surface area (Å²) in [6.45, 7) is 7.08. The molecule has 0 aliphatic rings. The molecule has 0 bridgehead atoms. The second kappa shape index (κ2) is 5.05. The summed E-state index contributed by atoms with van der Waals surface area (Å²) in [6, 6.07) is 1.06. The Labute approximate surface area is 112 Å². The van der Waals surface area contributed by atoms with E-state index in [1.54, 1.807) is 6.92 Å². The fourth-order valence-electron chi connectivity index (χ4n) is 1.30.